The molecule has 12 heteroatoms. The van der Waals surface area contributed by atoms with E-state index in [2.05, 4.69) is 4.98 Å². The minimum absolute atomic E-state index is 0.0928. The van der Waals surface area contributed by atoms with Gasteiger partial charge >= 0.3 is 18.0 Å². The van der Waals surface area contributed by atoms with Crippen molar-refractivity contribution in [3.05, 3.63) is 105 Å². The summed E-state index contributed by atoms with van der Waals surface area (Å²) in [5, 5.41) is 9.87. The fraction of sp³-hybridized carbons (Fsp3) is 0.280. The van der Waals surface area contributed by atoms with Crippen molar-refractivity contribution >= 4 is 12.3 Å². The molecule has 194 valence electrons. The molecule has 1 aliphatic heterocycles. The zero-order chi connectivity index (χ0) is 26.2. The number of aromatic amines is 1. The summed E-state index contributed by atoms with van der Waals surface area (Å²) < 4.78 is 27.7. The van der Waals surface area contributed by atoms with Crippen LogP contribution in [-0.4, -0.2) is 51.9 Å². The largest absolute Gasteiger partial charge is 0.509 e. The average Bonchev–Trinajstić information content (AvgIpc) is 3.23. The van der Waals surface area contributed by atoms with Crippen LogP contribution in [0, 0.1) is 0 Å². The predicted octanol–water partition coefficient (Wildman–Crippen LogP) is 1.87. The SMILES string of the molecule is O=C(OCc1ccccc1)OC1C(OC(=O)OCc2ccccc2)[C@@H](n2ccc(=O)[nH]c2=O)O[C@H]1CO. The highest BCUT2D eigenvalue weighted by molar-refractivity contribution is 5.62. The van der Waals surface area contributed by atoms with Gasteiger partial charge < -0.3 is 28.8 Å². The lowest BCUT2D eigenvalue weighted by molar-refractivity contribution is -0.0685. The molecule has 3 aromatic rings. The third kappa shape index (κ3) is 6.63. The van der Waals surface area contributed by atoms with E-state index in [0.717, 1.165) is 16.8 Å². The van der Waals surface area contributed by atoms with Crippen molar-refractivity contribution < 1.29 is 38.4 Å². The van der Waals surface area contributed by atoms with Gasteiger partial charge in [0.05, 0.1) is 6.61 Å². The minimum Gasteiger partial charge on any atom is -0.429 e. The number of nitrogens with zero attached hydrogens (tertiary/aromatic N) is 1. The number of nitrogens with one attached hydrogen (secondary N) is 1. The molecule has 1 fully saturated rings. The van der Waals surface area contributed by atoms with Gasteiger partial charge in [0.15, 0.2) is 18.4 Å². The number of aromatic nitrogens is 2. The van der Waals surface area contributed by atoms with Crippen LogP contribution in [0.1, 0.15) is 17.4 Å². The molecule has 0 aliphatic carbocycles. The average molecular weight is 512 g/mol. The molecule has 2 unspecified atom stereocenters. The summed E-state index contributed by atoms with van der Waals surface area (Å²) in [6.07, 6.45) is -6.49. The second-order valence-corrected chi connectivity index (χ2v) is 7.98. The Morgan fingerprint density at radius 1 is 0.838 bits per heavy atom. The van der Waals surface area contributed by atoms with Crippen LogP contribution in [0.5, 0.6) is 0 Å². The molecule has 2 aromatic carbocycles. The van der Waals surface area contributed by atoms with Crippen LogP contribution in [0.25, 0.3) is 0 Å². The second-order valence-electron chi connectivity index (χ2n) is 7.98. The van der Waals surface area contributed by atoms with E-state index in [-0.39, 0.29) is 13.2 Å². The van der Waals surface area contributed by atoms with Crippen LogP contribution < -0.4 is 11.2 Å². The zero-order valence-electron chi connectivity index (χ0n) is 19.4. The Morgan fingerprint density at radius 2 is 1.38 bits per heavy atom. The van der Waals surface area contributed by atoms with Crippen LogP contribution >= 0.6 is 0 Å². The van der Waals surface area contributed by atoms with E-state index in [1.165, 1.54) is 0 Å². The molecule has 37 heavy (non-hydrogen) atoms. The van der Waals surface area contributed by atoms with Gasteiger partial charge in [-0.2, -0.15) is 0 Å². The van der Waals surface area contributed by atoms with E-state index in [0.29, 0.717) is 11.1 Å². The second kappa shape index (κ2) is 12.0. The smallest absolute Gasteiger partial charge is 0.429 e. The Balaban J connectivity index is 1.52. The number of hydrogen-bond donors (Lipinski definition) is 2. The number of carbonyl (C=O) groups excluding carboxylic acids is 2. The quantitative estimate of drug-likeness (QED) is 0.427. The molecule has 0 radical (unpaired) electrons. The van der Waals surface area contributed by atoms with Gasteiger partial charge in [0.1, 0.15) is 19.3 Å². The van der Waals surface area contributed by atoms with Crippen LogP contribution in [0.3, 0.4) is 0 Å². The molecule has 2 N–H and O–H groups in total. The summed E-state index contributed by atoms with van der Waals surface area (Å²) in [5.74, 6) is 0. The molecule has 1 aliphatic rings. The van der Waals surface area contributed by atoms with E-state index in [4.69, 9.17) is 23.7 Å². The Hall–Kier alpha value is -4.42. The normalized spacial score (nSPS) is 20.7. The maximum absolute atomic E-state index is 12.5. The number of aliphatic hydroxyl groups is 1. The highest BCUT2D eigenvalue weighted by Crippen LogP contribution is 2.33. The Bertz CT molecular complexity index is 1310. The molecule has 0 spiro atoms. The first-order valence-electron chi connectivity index (χ1n) is 11.3. The zero-order valence-corrected chi connectivity index (χ0v) is 19.4. The van der Waals surface area contributed by atoms with Crippen LogP contribution in [0.4, 0.5) is 9.59 Å². The first-order valence-corrected chi connectivity index (χ1v) is 11.3. The lowest BCUT2D eigenvalue weighted by Gasteiger charge is -2.24. The van der Waals surface area contributed by atoms with Gasteiger partial charge in [-0.05, 0) is 11.1 Å². The Kier molecular flexibility index (Phi) is 8.33. The monoisotopic (exact) mass is 512 g/mol. The van der Waals surface area contributed by atoms with Crippen LogP contribution in [-0.2, 0) is 36.9 Å². The summed E-state index contributed by atoms with van der Waals surface area (Å²) in [6.45, 7) is -0.848. The third-order valence-electron chi connectivity index (χ3n) is 5.45. The van der Waals surface area contributed by atoms with Gasteiger partial charge in [-0.3, -0.25) is 14.3 Å². The van der Waals surface area contributed by atoms with E-state index in [1.54, 1.807) is 60.7 Å². The van der Waals surface area contributed by atoms with Crippen molar-refractivity contribution in [3.8, 4) is 0 Å². The summed E-state index contributed by atoms with van der Waals surface area (Å²) >= 11 is 0. The standard InChI is InChI=1S/C25H24N2O10/c28-13-18-20(36-24(31)33-14-16-7-3-1-4-8-16)21(22(35-18)27-12-11-19(29)26-23(27)30)37-25(32)34-15-17-9-5-2-6-10-17/h1-12,18,20-22,28H,13-15H2,(H,26,29,30)/t18-,20?,21?,22-/m0/s1. The summed E-state index contributed by atoms with van der Waals surface area (Å²) in [4.78, 5) is 51.0. The number of carbonyl (C=O) groups is 2. The predicted molar refractivity (Wildman–Crippen MR) is 125 cm³/mol. The maximum atomic E-state index is 12.5. The Morgan fingerprint density at radius 3 is 1.89 bits per heavy atom. The molecular weight excluding hydrogens is 488 g/mol. The lowest BCUT2D eigenvalue weighted by atomic mass is 10.1. The first kappa shape index (κ1) is 25.7. The minimum atomic E-state index is -1.44. The van der Waals surface area contributed by atoms with Crippen LogP contribution in [0.2, 0.25) is 0 Å². The molecule has 12 nitrogen and oxygen atoms in total. The topological polar surface area (TPSA) is 155 Å². The van der Waals surface area contributed by atoms with Crippen molar-refractivity contribution in [1.82, 2.24) is 9.55 Å². The number of aliphatic hydroxyl groups excluding tert-OH is 1. The van der Waals surface area contributed by atoms with Gasteiger partial charge in [-0.25, -0.2) is 14.4 Å². The summed E-state index contributed by atoms with van der Waals surface area (Å²) in [5.41, 5.74) is -0.125. The van der Waals surface area contributed by atoms with Crippen molar-refractivity contribution in [2.75, 3.05) is 6.61 Å². The van der Waals surface area contributed by atoms with E-state index in [1.807, 2.05) is 0 Å². The molecule has 0 bridgehead atoms. The molecule has 1 saturated heterocycles. The first-order chi connectivity index (χ1) is 17.9. The molecule has 4 rings (SSSR count). The van der Waals surface area contributed by atoms with Gasteiger partial charge in [0, 0.05) is 12.3 Å². The third-order valence-corrected chi connectivity index (χ3v) is 5.45. The Labute approximate surface area is 209 Å². The number of ether oxygens (including phenoxy) is 5. The molecule has 0 saturated carbocycles. The summed E-state index contributed by atoms with van der Waals surface area (Å²) in [6, 6.07) is 18.7. The molecule has 2 heterocycles. The van der Waals surface area contributed by atoms with Gasteiger partial charge in [-0.15, -0.1) is 0 Å². The number of rotatable bonds is 8. The van der Waals surface area contributed by atoms with Gasteiger partial charge in [-0.1, -0.05) is 60.7 Å². The number of benzene rings is 2. The summed E-state index contributed by atoms with van der Waals surface area (Å²) in [7, 11) is 0. The molecule has 4 atom stereocenters. The number of hydrogen-bond acceptors (Lipinski definition) is 10. The highest BCUT2D eigenvalue weighted by atomic mass is 16.8. The lowest BCUT2D eigenvalue weighted by Crippen LogP contribution is -2.42. The van der Waals surface area contributed by atoms with Crippen molar-refractivity contribution in [3.63, 3.8) is 0 Å². The molecule has 0 amide bonds. The molecule has 1 aromatic heterocycles. The highest BCUT2D eigenvalue weighted by Gasteiger charge is 2.51. The fourth-order valence-electron chi connectivity index (χ4n) is 3.70. The van der Waals surface area contributed by atoms with Crippen molar-refractivity contribution in [2.45, 2.75) is 37.8 Å². The van der Waals surface area contributed by atoms with Crippen molar-refractivity contribution in [1.29, 1.82) is 0 Å². The fourth-order valence-corrected chi connectivity index (χ4v) is 3.70. The van der Waals surface area contributed by atoms with Crippen LogP contribution in [0.15, 0.2) is 82.5 Å². The van der Waals surface area contributed by atoms with E-state index >= 15 is 0 Å². The van der Waals surface area contributed by atoms with E-state index in [9.17, 15) is 24.3 Å². The van der Waals surface area contributed by atoms with E-state index < -0.39 is 54.7 Å². The maximum Gasteiger partial charge on any atom is 0.509 e. The van der Waals surface area contributed by atoms with Gasteiger partial charge in [0.25, 0.3) is 5.56 Å². The van der Waals surface area contributed by atoms with Crippen molar-refractivity contribution in [2.24, 2.45) is 0 Å². The molecular formula is C25H24N2O10. The number of H-pyrrole nitrogens is 1. The van der Waals surface area contributed by atoms with Gasteiger partial charge in [0.2, 0.25) is 0 Å².